The van der Waals surface area contributed by atoms with Crippen LogP contribution in [0.15, 0.2) is 40.3 Å². The number of furan rings is 1. The number of nitrogens with two attached hydrogens (primary N) is 1. The maximum Gasteiger partial charge on any atom is 0.137 e. The number of thiocarbonyl (C=S) groups is 1. The first kappa shape index (κ1) is 14.6. The lowest BCUT2D eigenvalue weighted by molar-refractivity contribution is 0.571. The molecular weight excluding hydrogens is 315 g/mol. The number of benzene rings is 1. The standard InChI is InChI=1S/C14H8Cl2N2OS/c15-10-2-1-3-11(16)13(10)12-5-4-9(19-12)6-8(7-17)14(18)20/h1-6H,(H2,18,20)/b8-6+. The average molecular weight is 323 g/mol. The minimum absolute atomic E-state index is 0.0150. The van der Waals surface area contributed by atoms with E-state index in [4.69, 9.17) is 50.8 Å². The molecule has 20 heavy (non-hydrogen) atoms. The molecule has 0 saturated carbocycles. The maximum absolute atomic E-state index is 8.90. The lowest BCUT2D eigenvalue weighted by atomic mass is 10.2. The average Bonchev–Trinajstić information content (AvgIpc) is 2.83. The van der Waals surface area contributed by atoms with Gasteiger partial charge in [0.2, 0.25) is 0 Å². The Hall–Kier alpha value is -1.80. The zero-order valence-electron chi connectivity index (χ0n) is 10.1. The van der Waals surface area contributed by atoms with Crippen LogP contribution in [0, 0.1) is 11.3 Å². The predicted molar refractivity (Wildman–Crippen MR) is 84.5 cm³/mol. The second kappa shape index (κ2) is 6.10. The Balaban J connectivity index is 2.45. The van der Waals surface area contributed by atoms with Crippen molar-refractivity contribution in [1.82, 2.24) is 0 Å². The van der Waals surface area contributed by atoms with Gasteiger partial charge in [-0.25, -0.2) is 0 Å². The Morgan fingerprint density at radius 3 is 2.45 bits per heavy atom. The second-order valence-electron chi connectivity index (χ2n) is 3.83. The van der Waals surface area contributed by atoms with E-state index in [2.05, 4.69) is 0 Å². The van der Waals surface area contributed by atoms with Gasteiger partial charge < -0.3 is 10.2 Å². The fourth-order valence-corrected chi connectivity index (χ4v) is 2.29. The Morgan fingerprint density at radius 2 is 1.90 bits per heavy atom. The van der Waals surface area contributed by atoms with E-state index in [1.165, 1.54) is 6.08 Å². The van der Waals surface area contributed by atoms with Crippen LogP contribution in [0.1, 0.15) is 5.76 Å². The SMILES string of the molecule is N#C/C(=C\c1ccc(-c2c(Cl)cccc2Cl)o1)C(N)=S. The molecule has 1 heterocycles. The molecule has 0 spiro atoms. The van der Waals surface area contributed by atoms with E-state index in [1.54, 1.807) is 30.3 Å². The van der Waals surface area contributed by atoms with Gasteiger partial charge in [0.05, 0.1) is 21.2 Å². The van der Waals surface area contributed by atoms with Crippen LogP contribution in [0.5, 0.6) is 0 Å². The number of rotatable bonds is 3. The van der Waals surface area contributed by atoms with E-state index >= 15 is 0 Å². The molecule has 3 nitrogen and oxygen atoms in total. The highest BCUT2D eigenvalue weighted by Crippen LogP contribution is 2.35. The van der Waals surface area contributed by atoms with Gasteiger partial charge >= 0.3 is 0 Å². The first-order valence-electron chi connectivity index (χ1n) is 5.48. The molecule has 0 fully saturated rings. The van der Waals surface area contributed by atoms with Crippen LogP contribution < -0.4 is 5.73 Å². The molecule has 2 rings (SSSR count). The maximum atomic E-state index is 8.90. The molecule has 0 aliphatic heterocycles. The van der Waals surface area contributed by atoms with Gasteiger partial charge in [0.25, 0.3) is 0 Å². The molecule has 1 aromatic carbocycles. The zero-order chi connectivity index (χ0) is 14.7. The summed E-state index contributed by atoms with van der Waals surface area (Å²) in [6.07, 6.45) is 1.47. The summed E-state index contributed by atoms with van der Waals surface area (Å²) in [7, 11) is 0. The fourth-order valence-electron chi connectivity index (χ4n) is 1.60. The molecule has 2 aromatic rings. The summed E-state index contributed by atoms with van der Waals surface area (Å²) in [5.41, 5.74) is 6.19. The van der Waals surface area contributed by atoms with E-state index in [0.29, 0.717) is 27.1 Å². The normalized spacial score (nSPS) is 11.2. The molecule has 0 atom stereocenters. The Kier molecular flexibility index (Phi) is 4.46. The lowest BCUT2D eigenvalue weighted by Gasteiger charge is -2.02. The van der Waals surface area contributed by atoms with Gasteiger partial charge in [-0.1, -0.05) is 41.5 Å². The third kappa shape index (κ3) is 3.02. The summed E-state index contributed by atoms with van der Waals surface area (Å²) in [6, 6.07) is 10.5. The second-order valence-corrected chi connectivity index (χ2v) is 5.09. The predicted octanol–water partition coefficient (Wildman–Crippen LogP) is 4.45. The van der Waals surface area contributed by atoms with Crippen LogP contribution in [0.25, 0.3) is 17.4 Å². The highest BCUT2D eigenvalue weighted by molar-refractivity contribution is 7.80. The number of hydrogen-bond donors (Lipinski definition) is 1. The van der Waals surface area contributed by atoms with Gasteiger partial charge in [0.15, 0.2) is 0 Å². The van der Waals surface area contributed by atoms with Crippen LogP contribution in [0.2, 0.25) is 10.0 Å². The fraction of sp³-hybridized carbons (Fsp3) is 0. The van der Waals surface area contributed by atoms with Crippen molar-refractivity contribution in [3.05, 3.63) is 51.7 Å². The van der Waals surface area contributed by atoms with E-state index in [-0.39, 0.29) is 10.6 Å². The molecule has 2 N–H and O–H groups in total. The third-order valence-electron chi connectivity index (χ3n) is 2.51. The molecule has 0 radical (unpaired) electrons. The van der Waals surface area contributed by atoms with E-state index in [1.807, 2.05) is 6.07 Å². The topological polar surface area (TPSA) is 63.0 Å². The van der Waals surface area contributed by atoms with Crippen LogP contribution in [-0.2, 0) is 0 Å². The first-order chi connectivity index (χ1) is 9.52. The van der Waals surface area contributed by atoms with Crippen LogP contribution >= 0.6 is 35.4 Å². The lowest BCUT2D eigenvalue weighted by Crippen LogP contribution is -2.09. The quantitative estimate of drug-likeness (QED) is 0.515. The van der Waals surface area contributed by atoms with Gasteiger partial charge in [-0.3, -0.25) is 0 Å². The van der Waals surface area contributed by atoms with Crippen molar-refractivity contribution in [1.29, 1.82) is 5.26 Å². The number of hydrogen-bond acceptors (Lipinski definition) is 3. The molecule has 0 bridgehead atoms. The number of nitriles is 1. The molecule has 0 saturated heterocycles. The summed E-state index contributed by atoms with van der Waals surface area (Å²) < 4.78 is 5.60. The van der Waals surface area contributed by atoms with Crippen LogP contribution in [-0.4, -0.2) is 4.99 Å². The van der Waals surface area contributed by atoms with Gasteiger partial charge in [0, 0.05) is 6.08 Å². The number of nitrogens with zero attached hydrogens (tertiary/aromatic N) is 1. The first-order valence-corrected chi connectivity index (χ1v) is 6.65. The minimum atomic E-state index is 0.0150. The van der Waals surface area contributed by atoms with Crippen molar-refractivity contribution in [3.8, 4) is 17.4 Å². The summed E-state index contributed by atoms with van der Waals surface area (Å²) in [6.45, 7) is 0. The Morgan fingerprint density at radius 1 is 1.25 bits per heavy atom. The molecule has 0 unspecified atom stereocenters. The van der Waals surface area contributed by atoms with Gasteiger partial charge in [0.1, 0.15) is 22.6 Å². The van der Waals surface area contributed by atoms with E-state index in [0.717, 1.165) is 0 Å². The largest absolute Gasteiger partial charge is 0.457 e. The Bertz CT molecular complexity index is 724. The smallest absolute Gasteiger partial charge is 0.137 e. The molecular formula is C14H8Cl2N2OS. The molecule has 1 aromatic heterocycles. The van der Waals surface area contributed by atoms with Crippen molar-refractivity contribution in [3.63, 3.8) is 0 Å². The van der Waals surface area contributed by atoms with Crippen LogP contribution in [0.3, 0.4) is 0 Å². The summed E-state index contributed by atoms with van der Waals surface area (Å²) in [5, 5.41) is 9.87. The van der Waals surface area contributed by atoms with E-state index in [9.17, 15) is 0 Å². The summed E-state index contributed by atoms with van der Waals surface area (Å²) in [5.74, 6) is 0.951. The molecule has 0 aliphatic rings. The van der Waals surface area contributed by atoms with Crippen molar-refractivity contribution >= 4 is 46.5 Å². The van der Waals surface area contributed by atoms with E-state index < -0.39 is 0 Å². The summed E-state index contributed by atoms with van der Waals surface area (Å²) >= 11 is 17.0. The van der Waals surface area contributed by atoms with Crippen molar-refractivity contribution in [2.45, 2.75) is 0 Å². The molecule has 0 aliphatic carbocycles. The van der Waals surface area contributed by atoms with Crippen molar-refractivity contribution in [2.24, 2.45) is 5.73 Å². The molecule has 100 valence electrons. The number of halogens is 2. The minimum Gasteiger partial charge on any atom is -0.457 e. The Labute approximate surface area is 131 Å². The highest BCUT2D eigenvalue weighted by Gasteiger charge is 2.12. The monoisotopic (exact) mass is 322 g/mol. The molecule has 0 amide bonds. The van der Waals surface area contributed by atoms with Crippen LogP contribution in [0.4, 0.5) is 0 Å². The van der Waals surface area contributed by atoms with Crippen molar-refractivity contribution < 1.29 is 4.42 Å². The summed E-state index contributed by atoms with van der Waals surface area (Å²) in [4.78, 5) is 0.0150. The van der Waals surface area contributed by atoms with Gasteiger partial charge in [-0.15, -0.1) is 0 Å². The van der Waals surface area contributed by atoms with Gasteiger partial charge in [-0.2, -0.15) is 5.26 Å². The third-order valence-corrected chi connectivity index (χ3v) is 3.36. The highest BCUT2D eigenvalue weighted by atomic mass is 35.5. The van der Waals surface area contributed by atoms with Gasteiger partial charge in [-0.05, 0) is 24.3 Å². The van der Waals surface area contributed by atoms with Crippen molar-refractivity contribution in [2.75, 3.05) is 0 Å². The molecule has 6 heteroatoms. The zero-order valence-corrected chi connectivity index (χ0v) is 12.4.